The fourth-order valence-corrected chi connectivity index (χ4v) is 1.20. The maximum atomic E-state index is 11.2. The van der Waals surface area contributed by atoms with E-state index in [1.807, 2.05) is 0 Å². The average Bonchev–Trinajstić information content (AvgIpc) is 2.08. The first-order valence-electron chi connectivity index (χ1n) is 4.33. The van der Waals surface area contributed by atoms with E-state index in [9.17, 15) is 4.79 Å². The molecule has 0 aromatic rings. The number of nitrogens with two attached hydrogens (primary N) is 1. The highest BCUT2D eigenvalue weighted by atomic mass is 32.1. The average molecular weight is 205 g/mol. The van der Waals surface area contributed by atoms with Crippen LogP contribution in [0.5, 0.6) is 0 Å². The molecule has 1 aliphatic heterocycles. The van der Waals surface area contributed by atoms with E-state index in [0.717, 1.165) is 0 Å². The highest BCUT2D eigenvalue weighted by Crippen LogP contribution is 2.11. The number of esters is 1. The van der Waals surface area contributed by atoms with Crippen molar-refractivity contribution in [1.29, 1.82) is 0 Å². The molecule has 1 saturated heterocycles. The molecule has 76 valence electrons. The van der Waals surface area contributed by atoms with Gasteiger partial charge in [-0.05, 0) is 6.92 Å². The van der Waals surface area contributed by atoms with Crippen LogP contribution in [0.4, 0.5) is 0 Å². The van der Waals surface area contributed by atoms with Gasteiger partial charge in [-0.2, -0.15) is 12.6 Å². The Labute approximate surface area is 83.2 Å². The summed E-state index contributed by atoms with van der Waals surface area (Å²) in [5, 5.41) is -0.393. The third-order valence-corrected chi connectivity index (χ3v) is 2.15. The summed E-state index contributed by atoms with van der Waals surface area (Å²) in [5.74, 6) is -0.314. The lowest BCUT2D eigenvalue weighted by Gasteiger charge is -2.28. The molecule has 0 saturated carbocycles. The molecule has 0 aromatic carbocycles. The molecule has 1 aliphatic rings. The molecule has 2 N–H and O–H groups in total. The molecule has 1 heterocycles. The van der Waals surface area contributed by atoms with E-state index in [1.54, 1.807) is 6.92 Å². The highest BCUT2D eigenvalue weighted by Gasteiger charge is 2.26. The summed E-state index contributed by atoms with van der Waals surface area (Å²) >= 11 is 3.98. The Kier molecular flexibility index (Phi) is 4.02. The van der Waals surface area contributed by atoms with E-state index in [2.05, 4.69) is 12.6 Å². The third-order valence-electron chi connectivity index (χ3n) is 1.94. The van der Waals surface area contributed by atoms with Crippen molar-refractivity contribution in [2.45, 2.75) is 30.7 Å². The van der Waals surface area contributed by atoms with Gasteiger partial charge in [-0.25, -0.2) is 0 Å². The van der Waals surface area contributed by atoms with Crippen LogP contribution in [0.1, 0.15) is 13.3 Å². The predicted octanol–water partition coefficient (Wildman–Crippen LogP) is -0.0359. The van der Waals surface area contributed by atoms with Crippen molar-refractivity contribution in [1.82, 2.24) is 0 Å². The van der Waals surface area contributed by atoms with Gasteiger partial charge < -0.3 is 15.2 Å². The molecule has 3 unspecified atom stereocenters. The fourth-order valence-electron chi connectivity index (χ4n) is 1.13. The normalized spacial score (nSPS) is 31.0. The number of thiol groups is 1. The first kappa shape index (κ1) is 10.8. The third kappa shape index (κ3) is 3.17. The Morgan fingerprint density at radius 1 is 1.77 bits per heavy atom. The number of carbonyl (C=O) groups is 1. The molecule has 0 spiro atoms. The lowest BCUT2D eigenvalue weighted by Crippen LogP contribution is -2.46. The summed E-state index contributed by atoms with van der Waals surface area (Å²) in [6.07, 6.45) is 0.462. The van der Waals surface area contributed by atoms with Crippen LogP contribution in [-0.2, 0) is 14.3 Å². The van der Waals surface area contributed by atoms with Gasteiger partial charge in [0.05, 0.1) is 24.5 Å². The first-order chi connectivity index (χ1) is 6.11. The molecular weight excluding hydrogens is 190 g/mol. The lowest BCUT2D eigenvalue weighted by atomic mass is 10.1. The smallest absolute Gasteiger partial charge is 0.318 e. The van der Waals surface area contributed by atoms with Crippen LogP contribution in [0.15, 0.2) is 0 Å². The van der Waals surface area contributed by atoms with Gasteiger partial charge >= 0.3 is 5.97 Å². The van der Waals surface area contributed by atoms with Gasteiger partial charge in [0.1, 0.15) is 6.10 Å². The second kappa shape index (κ2) is 4.83. The number of rotatable bonds is 2. The molecule has 1 rings (SSSR count). The van der Waals surface area contributed by atoms with Crippen LogP contribution >= 0.6 is 12.6 Å². The second-order valence-corrected chi connectivity index (χ2v) is 3.95. The van der Waals surface area contributed by atoms with Crippen LogP contribution in [-0.4, -0.2) is 36.6 Å². The maximum Gasteiger partial charge on any atom is 0.318 e. The molecule has 3 atom stereocenters. The van der Waals surface area contributed by atoms with Crippen molar-refractivity contribution in [3.8, 4) is 0 Å². The number of hydrogen-bond acceptors (Lipinski definition) is 5. The van der Waals surface area contributed by atoms with Crippen molar-refractivity contribution in [3.63, 3.8) is 0 Å². The van der Waals surface area contributed by atoms with E-state index in [0.29, 0.717) is 19.6 Å². The van der Waals surface area contributed by atoms with E-state index in [-0.39, 0.29) is 18.1 Å². The Balaban J connectivity index is 2.38. The minimum Gasteiger partial charge on any atom is -0.460 e. The van der Waals surface area contributed by atoms with Crippen LogP contribution < -0.4 is 5.73 Å². The van der Waals surface area contributed by atoms with Crippen LogP contribution in [0.2, 0.25) is 0 Å². The van der Waals surface area contributed by atoms with Gasteiger partial charge in [0.2, 0.25) is 0 Å². The molecular formula is C8H15NO3S. The zero-order chi connectivity index (χ0) is 9.84. The summed E-state index contributed by atoms with van der Waals surface area (Å²) in [4.78, 5) is 11.2. The maximum absolute atomic E-state index is 11.2. The van der Waals surface area contributed by atoms with Gasteiger partial charge in [0.25, 0.3) is 0 Å². The van der Waals surface area contributed by atoms with E-state index in [1.165, 1.54) is 0 Å². The lowest BCUT2D eigenvalue weighted by molar-refractivity contribution is -0.153. The fraction of sp³-hybridized carbons (Fsp3) is 0.875. The Hall–Kier alpha value is -0.260. The topological polar surface area (TPSA) is 61.5 Å². The van der Waals surface area contributed by atoms with E-state index >= 15 is 0 Å². The number of hydrogen-bond donors (Lipinski definition) is 2. The van der Waals surface area contributed by atoms with Crippen LogP contribution in [0, 0.1) is 0 Å². The van der Waals surface area contributed by atoms with E-state index in [4.69, 9.17) is 15.2 Å². The van der Waals surface area contributed by atoms with Gasteiger partial charge in [0.15, 0.2) is 0 Å². The summed E-state index contributed by atoms with van der Waals surface area (Å²) in [6, 6.07) is -0.204. The standard InChI is InChI=1S/C8H15NO3S/c1-5(13)8(10)12-7-2-3-11-4-6(7)9/h5-7,13H,2-4,9H2,1H3. The van der Waals surface area contributed by atoms with Crippen molar-refractivity contribution in [3.05, 3.63) is 0 Å². The second-order valence-electron chi connectivity index (χ2n) is 3.18. The molecule has 1 fully saturated rings. The first-order valence-corrected chi connectivity index (χ1v) is 4.85. The molecule has 0 bridgehead atoms. The Morgan fingerprint density at radius 2 is 2.46 bits per heavy atom. The molecule has 5 heteroatoms. The minimum absolute atomic E-state index is 0.204. The monoisotopic (exact) mass is 205 g/mol. The van der Waals surface area contributed by atoms with E-state index < -0.39 is 5.25 Å². The van der Waals surface area contributed by atoms with Gasteiger partial charge in [-0.3, -0.25) is 4.79 Å². The zero-order valence-electron chi connectivity index (χ0n) is 7.60. The molecule has 0 aromatic heterocycles. The zero-order valence-corrected chi connectivity index (χ0v) is 8.50. The van der Waals surface area contributed by atoms with Crippen molar-refractivity contribution in [2.75, 3.05) is 13.2 Å². The quantitative estimate of drug-likeness (QED) is 0.490. The number of ether oxygens (including phenoxy) is 2. The summed E-state index contributed by atoms with van der Waals surface area (Å²) in [7, 11) is 0. The molecule has 0 aliphatic carbocycles. The van der Waals surface area contributed by atoms with Crippen LogP contribution in [0.3, 0.4) is 0 Å². The summed E-state index contributed by atoms with van der Waals surface area (Å²) in [6.45, 7) is 2.74. The minimum atomic E-state index is -0.393. The molecule has 13 heavy (non-hydrogen) atoms. The molecule has 0 radical (unpaired) electrons. The predicted molar refractivity (Wildman–Crippen MR) is 51.7 cm³/mol. The number of carbonyl (C=O) groups excluding carboxylic acids is 1. The van der Waals surface area contributed by atoms with Gasteiger partial charge in [0, 0.05) is 6.42 Å². The summed E-state index contributed by atoms with van der Waals surface area (Å²) in [5.41, 5.74) is 5.70. The molecule has 0 amide bonds. The SMILES string of the molecule is CC(S)C(=O)OC1CCOCC1N. The van der Waals surface area contributed by atoms with Crippen LogP contribution in [0.25, 0.3) is 0 Å². The molecule has 4 nitrogen and oxygen atoms in total. The van der Waals surface area contributed by atoms with Crippen molar-refractivity contribution < 1.29 is 14.3 Å². The Morgan fingerprint density at radius 3 is 3.00 bits per heavy atom. The Bertz CT molecular complexity index is 186. The van der Waals surface area contributed by atoms with Crippen molar-refractivity contribution in [2.24, 2.45) is 5.73 Å². The largest absolute Gasteiger partial charge is 0.460 e. The highest BCUT2D eigenvalue weighted by molar-refractivity contribution is 7.81. The van der Waals surface area contributed by atoms with Crippen molar-refractivity contribution >= 4 is 18.6 Å². The van der Waals surface area contributed by atoms with Gasteiger partial charge in [-0.15, -0.1) is 0 Å². The summed E-state index contributed by atoms with van der Waals surface area (Å²) < 4.78 is 10.3. The van der Waals surface area contributed by atoms with Gasteiger partial charge in [-0.1, -0.05) is 0 Å².